The molecule has 0 atom stereocenters. The van der Waals surface area contributed by atoms with E-state index < -0.39 is 10.5 Å². The number of aromatic nitrogens is 4. The Balaban J connectivity index is 1.47. The minimum atomic E-state index is -0.520. The zero-order valence-corrected chi connectivity index (χ0v) is 21.9. The number of pyridine rings is 1. The highest BCUT2D eigenvalue weighted by Gasteiger charge is 2.22. The van der Waals surface area contributed by atoms with Gasteiger partial charge in [-0.15, -0.1) is 11.3 Å². The summed E-state index contributed by atoms with van der Waals surface area (Å²) in [6.45, 7) is 0. The molecule has 0 saturated heterocycles. The summed E-state index contributed by atoms with van der Waals surface area (Å²) >= 11 is 7.57. The van der Waals surface area contributed by atoms with Crippen LogP contribution in [0.1, 0.15) is 5.56 Å². The summed E-state index contributed by atoms with van der Waals surface area (Å²) in [4.78, 5) is 40.3. The fourth-order valence-electron chi connectivity index (χ4n) is 4.15. The van der Waals surface area contributed by atoms with Crippen molar-refractivity contribution in [1.82, 2.24) is 19.9 Å². The SMILES string of the molecule is Nc1c(-c2nc3ccccc3s2)c(-c2ccc(Cl)cc2)nc2nc(N/N=C/c3cccc([N+](=O)[O-])c3)[nH]c(=O)c12. The second-order valence-corrected chi connectivity index (χ2v) is 10.0. The van der Waals surface area contributed by atoms with Crippen molar-refractivity contribution in [3.63, 3.8) is 0 Å². The zero-order valence-electron chi connectivity index (χ0n) is 20.3. The summed E-state index contributed by atoms with van der Waals surface area (Å²) in [7, 11) is 0. The number of anilines is 2. The number of nitro groups is 1. The van der Waals surface area contributed by atoms with Crippen LogP contribution in [0.4, 0.5) is 17.3 Å². The molecule has 6 rings (SSSR count). The number of hydrogen-bond acceptors (Lipinski definition) is 10. The number of nitrogens with zero attached hydrogens (tertiary/aromatic N) is 5. The number of nitrogen functional groups attached to an aromatic ring is 1. The minimum Gasteiger partial charge on any atom is -0.397 e. The van der Waals surface area contributed by atoms with Gasteiger partial charge in [-0.05, 0) is 24.3 Å². The molecule has 0 spiro atoms. The van der Waals surface area contributed by atoms with Gasteiger partial charge in [0.15, 0.2) is 5.65 Å². The number of non-ortho nitro benzene ring substituents is 1. The van der Waals surface area contributed by atoms with E-state index in [1.165, 1.54) is 29.7 Å². The number of nitrogens with two attached hydrogens (primary N) is 1. The van der Waals surface area contributed by atoms with Crippen LogP contribution >= 0.6 is 22.9 Å². The lowest BCUT2D eigenvalue weighted by atomic mass is 10.0. The molecule has 11 nitrogen and oxygen atoms in total. The predicted molar refractivity (Wildman–Crippen MR) is 158 cm³/mol. The van der Waals surface area contributed by atoms with E-state index in [1.54, 1.807) is 24.3 Å². The molecule has 0 radical (unpaired) electrons. The third kappa shape index (κ3) is 4.72. The van der Waals surface area contributed by atoms with Crippen molar-refractivity contribution >= 4 is 67.7 Å². The highest BCUT2D eigenvalue weighted by molar-refractivity contribution is 7.21. The maximum atomic E-state index is 13.2. The Morgan fingerprint density at radius 1 is 1.05 bits per heavy atom. The summed E-state index contributed by atoms with van der Waals surface area (Å²) < 4.78 is 0.965. The van der Waals surface area contributed by atoms with Crippen LogP contribution in [0.15, 0.2) is 82.7 Å². The van der Waals surface area contributed by atoms with Gasteiger partial charge < -0.3 is 5.73 Å². The molecule has 0 saturated carbocycles. The van der Waals surface area contributed by atoms with Crippen LogP contribution in [0, 0.1) is 10.1 Å². The normalized spacial score (nSPS) is 11.4. The lowest BCUT2D eigenvalue weighted by molar-refractivity contribution is -0.384. The van der Waals surface area contributed by atoms with Crippen LogP contribution < -0.4 is 16.7 Å². The molecule has 40 heavy (non-hydrogen) atoms. The van der Waals surface area contributed by atoms with Crippen LogP contribution in [0.5, 0.6) is 0 Å². The first kappa shape index (κ1) is 25.1. The number of fused-ring (bicyclic) bond motifs is 2. The first-order chi connectivity index (χ1) is 19.4. The number of benzene rings is 3. The fraction of sp³-hybridized carbons (Fsp3) is 0. The van der Waals surface area contributed by atoms with Crippen molar-refractivity contribution in [2.45, 2.75) is 0 Å². The highest BCUT2D eigenvalue weighted by Crippen LogP contribution is 2.41. The van der Waals surface area contributed by atoms with E-state index >= 15 is 0 Å². The number of H-pyrrole nitrogens is 1. The van der Waals surface area contributed by atoms with Crippen molar-refractivity contribution in [1.29, 1.82) is 0 Å². The number of hydrogen-bond donors (Lipinski definition) is 3. The lowest BCUT2D eigenvalue weighted by Crippen LogP contribution is -2.15. The number of thiazole rings is 1. The summed E-state index contributed by atoms with van der Waals surface area (Å²) in [5, 5.41) is 16.3. The molecule has 0 aliphatic rings. The Morgan fingerprint density at radius 2 is 1.85 bits per heavy atom. The smallest absolute Gasteiger partial charge is 0.270 e. The van der Waals surface area contributed by atoms with Gasteiger partial charge >= 0.3 is 0 Å². The van der Waals surface area contributed by atoms with Gasteiger partial charge in [-0.2, -0.15) is 10.1 Å². The molecule has 0 bridgehead atoms. The van der Waals surface area contributed by atoms with Crippen LogP contribution in [-0.4, -0.2) is 31.1 Å². The van der Waals surface area contributed by atoms with E-state index in [0.717, 1.165) is 10.2 Å². The third-order valence-corrected chi connectivity index (χ3v) is 7.29. The van der Waals surface area contributed by atoms with Gasteiger partial charge in [-0.1, -0.05) is 48.0 Å². The Morgan fingerprint density at radius 3 is 2.62 bits per heavy atom. The molecule has 0 unspecified atom stereocenters. The predicted octanol–water partition coefficient (Wildman–Crippen LogP) is 5.85. The molecule has 13 heteroatoms. The van der Waals surface area contributed by atoms with Crippen LogP contribution in [0.3, 0.4) is 0 Å². The maximum Gasteiger partial charge on any atom is 0.270 e. The van der Waals surface area contributed by atoms with Crippen LogP contribution in [-0.2, 0) is 0 Å². The van der Waals surface area contributed by atoms with Crippen molar-refractivity contribution in [2.75, 3.05) is 11.2 Å². The van der Waals surface area contributed by atoms with Gasteiger partial charge in [0.05, 0.1) is 38.3 Å². The molecule has 0 fully saturated rings. The van der Waals surface area contributed by atoms with Gasteiger partial charge in [0, 0.05) is 28.3 Å². The maximum absolute atomic E-state index is 13.2. The molecule has 3 aromatic heterocycles. The zero-order chi connectivity index (χ0) is 27.8. The molecule has 3 aromatic carbocycles. The quantitative estimate of drug-likeness (QED) is 0.128. The molecule has 0 amide bonds. The van der Waals surface area contributed by atoms with Crippen molar-refractivity contribution < 1.29 is 4.92 Å². The number of rotatable bonds is 6. The first-order valence-electron chi connectivity index (χ1n) is 11.8. The number of nitro benzene ring substituents is 1. The van der Waals surface area contributed by atoms with Gasteiger partial charge in [0.2, 0.25) is 5.95 Å². The van der Waals surface area contributed by atoms with E-state index in [2.05, 4.69) is 20.5 Å². The largest absolute Gasteiger partial charge is 0.397 e. The Labute approximate surface area is 234 Å². The molecule has 196 valence electrons. The molecule has 0 aliphatic heterocycles. The Bertz CT molecular complexity index is 1990. The molecular weight excluding hydrogens is 552 g/mol. The summed E-state index contributed by atoms with van der Waals surface area (Å²) in [6, 6.07) is 20.7. The van der Waals surface area contributed by atoms with E-state index in [-0.39, 0.29) is 28.4 Å². The standard InChI is InChI=1S/C27H17ClN8O3S/c28-16-10-8-15(9-11-16)23-20(26-31-18-6-1-2-7-19(18)40-26)22(29)21-24(32-23)33-27(34-25(21)37)35-30-13-14-4-3-5-17(12-14)36(38)39/h1-13H,(H4,29,32,33,34,35,37)/b30-13+. The molecular formula is C27H17ClN8O3S. The van der Waals surface area contributed by atoms with E-state index in [1.807, 2.05) is 36.4 Å². The second kappa shape index (κ2) is 10.2. The molecule has 6 aromatic rings. The Kier molecular flexibility index (Phi) is 6.38. The minimum absolute atomic E-state index is 0.0147. The molecule has 3 heterocycles. The fourth-order valence-corrected chi connectivity index (χ4v) is 5.30. The number of aromatic amines is 1. The first-order valence-corrected chi connectivity index (χ1v) is 13.0. The van der Waals surface area contributed by atoms with Crippen LogP contribution in [0.25, 0.3) is 43.1 Å². The molecule has 0 aliphatic carbocycles. The average Bonchev–Trinajstić information content (AvgIpc) is 3.37. The Hall–Kier alpha value is -5.20. The third-order valence-electron chi connectivity index (χ3n) is 5.98. The van der Waals surface area contributed by atoms with E-state index in [0.29, 0.717) is 32.4 Å². The number of hydrazone groups is 1. The topological polar surface area (TPSA) is 165 Å². The number of halogens is 1. The molecule has 4 N–H and O–H groups in total. The van der Waals surface area contributed by atoms with E-state index in [9.17, 15) is 14.9 Å². The average molecular weight is 569 g/mol. The van der Waals surface area contributed by atoms with Gasteiger partial charge in [-0.3, -0.25) is 19.9 Å². The second-order valence-electron chi connectivity index (χ2n) is 8.58. The summed E-state index contributed by atoms with van der Waals surface area (Å²) in [5.74, 6) is 0.0147. The highest BCUT2D eigenvalue weighted by atomic mass is 35.5. The monoisotopic (exact) mass is 568 g/mol. The van der Waals surface area contributed by atoms with E-state index in [4.69, 9.17) is 27.3 Å². The van der Waals surface area contributed by atoms with Crippen LogP contribution in [0.2, 0.25) is 5.02 Å². The number of para-hydroxylation sites is 1. The van der Waals surface area contributed by atoms with Gasteiger partial charge in [-0.25, -0.2) is 15.4 Å². The number of nitrogens with one attached hydrogen (secondary N) is 2. The summed E-state index contributed by atoms with van der Waals surface area (Å²) in [6.07, 6.45) is 1.37. The van der Waals surface area contributed by atoms with Crippen molar-refractivity contribution in [3.05, 3.63) is 104 Å². The van der Waals surface area contributed by atoms with Crippen molar-refractivity contribution in [3.8, 4) is 21.8 Å². The summed E-state index contributed by atoms with van der Waals surface area (Å²) in [5.41, 5.74) is 12.0. The van der Waals surface area contributed by atoms with Gasteiger partial charge in [0.1, 0.15) is 10.4 Å². The van der Waals surface area contributed by atoms with Crippen molar-refractivity contribution in [2.24, 2.45) is 5.10 Å². The lowest BCUT2D eigenvalue weighted by Gasteiger charge is -2.13. The van der Waals surface area contributed by atoms with Gasteiger partial charge in [0.25, 0.3) is 11.2 Å².